The Balaban J connectivity index is 1.88. The molecule has 0 fully saturated rings. The second kappa shape index (κ2) is 4.71. The number of hydrogen-bond donors (Lipinski definition) is 0. The second-order valence-electron chi connectivity index (χ2n) is 4.64. The van der Waals surface area contributed by atoms with Crippen LogP contribution in [0.4, 0.5) is 0 Å². The molecular formula is C14H11N5S2. The molecule has 4 rings (SSSR count). The molecule has 0 saturated carbocycles. The number of benzene rings is 1. The number of aromatic nitrogens is 5. The van der Waals surface area contributed by atoms with Gasteiger partial charge >= 0.3 is 0 Å². The fourth-order valence-corrected chi connectivity index (χ4v) is 4.09. The maximum absolute atomic E-state index is 4.67. The van der Waals surface area contributed by atoms with E-state index in [0.29, 0.717) is 0 Å². The first kappa shape index (κ1) is 12.6. The number of rotatable bonds is 2. The normalized spacial score (nSPS) is 11.3. The molecule has 0 spiro atoms. The van der Waals surface area contributed by atoms with Gasteiger partial charge in [-0.1, -0.05) is 41.7 Å². The lowest BCUT2D eigenvalue weighted by Crippen LogP contribution is -1.90. The highest BCUT2D eigenvalue weighted by atomic mass is 32.1. The van der Waals surface area contributed by atoms with E-state index < -0.39 is 0 Å². The van der Waals surface area contributed by atoms with Gasteiger partial charge in [-0.25, -0.2) is 4.98 Å². The molecule has 0 aliphatic carbocycles. The first-order valence-corrected chi connectivity index (χ1v) is 8.08. The van der Waals surface area contributed by atoms with Gasteiger partial charge in [-0.15, -0.1) is 21.5 Å². The number of thiazole rings is 1. The van der Waals surface area contributed by atoms with Crippen molar-refractivity contribution in [1.29, 1.82) is 0 Å². The molecule has 1 aromatic carbocycles. The fraction of sp³-hybridized carbons (Fsp3) is 0.143. The van der Waals surface area contributed by atoms with Crippen LogP contribution in [0.2, 0.25) is 0 Å². The van der Waals surface area contributed by atoms with Crippen LogP contribution in [0.5, 0.6) is 0 Å². The number of nitrogens with zero attached hydrogens (tertiary/aromatic N) is 5. The Hall–Kier alpha value is -2.12. The molecule has 3 aromatic heterocycles. The molecular weight excluding hydrogens is 302 g/mol. The summed E-state index contributed by atoms with van der Waals surface area (Å²) >= 11 is 3.21. The molecule has 0 atom stereocenters. The van der Waals surface area contributed by atoms with Gasteiger partial charge in [-0.05, 0) is 13.8 Å². The highest BCUT2D eigenvalue weighted by Crippen LogP contribution is 2.33. The maximum atomic E-state index is 4.67. The van der Waals surface area contributed by atoms with Gasteiger partial charge in [-0.2, -0.15) is 9.61 Å². The Bertz CT molecular complexity index is 920. The molecule has 0 aliphatic heterocycles. The van der Waals surface area contributed by atoms with Crippen molar-refractivity contribution < 1.29 is 0 Å². The Morgan fingerprint density at radius 1 is 1.00 bits per heavy atom. The summed E-state index contributed by atoms with van der Waals surface area (Å²) in [6, 6.07) is 9.98. The van der Waals surface area contributed by atoms with E-state index in [0.717, 1.165) is 36.9 Å². The Morgan fingerprint density at radius 2 is 1.81 bits per heavy atom. The fourth-order valence-electron chi connectivity index (χ4n) is 2.21. The zero-order valence-corrected chi connectivity index (χ0v) is 13.1. The first-order chi connectivity index (χ1) is 10.2. The molecule has 4 aromatic rings. The second-order valence-corrected chi connectivity index (χ2v) is 6.80. The third-order valence-electron chi connectivity index (χ3n) is 3.12. The molecule has 21 heavy (non-hydrogen) atoms. The van der Waals surface area contributed by atoms with Crippen LogP contribution in [-0.4, -0.2) is 24.8 Å². The van der Waals surface area contributed by atoms with Crippen molar-refractivity contribution in [2.24, 2.45) is 0 Å². The third-order valence-corrected chi connectivity index (χ3v) is 5.25. The van der Waals surface area contributed by atoms with Crippen molar-refractivity contribution in [3.63, 3.8) is 0 Å². The minimum Gasteiger partial charge on any atom is -0.246 e. The standard InChI is InChI=1S/C14H11N5S2/c1-8-11(20-9(2)15-8)13-18-19-12(16-17-14(19)21-13)10-6-4-3-5-7-10/h3-7H,1-2H3. The minimum atomic E-state index is 0.770. The van der Waals surface area contributed by atoms with Crippen molar-refractivity contribution in [1.82, 2.24) is 24.8 Å². The van der Waals surface area contributed by atoms with Crippen molar-refractivity contribution in [3.05, 3.63) is 41.0 Å². The highest BCUT2D eigenvalue weighted by Gasteiger charge is 2.17. The summed E-state index contributed by atoms with van der Waals surface area (Å²) in [4.78, 5) is 6.38. The van der Waals surface area contributed by atoms with E-state index in [9.17, 15) is 0 Å². The molecule has 0 saturated heterocycles. The van der Waals surface area contributed by atoms with Crippen molar-refractivity contribution >= 4 is 27.6 Å². The zero-order valence-electron chi connectivity index (χ0n) is 11.4. The predicted octanol–water partition coefficient (Wildman–Crippen LogP) is 3.59. The van der Waals surface area contributed by atoms with Crippen LogP contribution >= 0.6 is 22.7 Å². The van der Waals surface area contributed by atoms with Crippen LogP contribution < -0.4 is 0 Å². The molecule has 0 aliphatic rings. The van der Waals surface area contributed by atoms with E-state index in [1.165, 1.54) is 0 Å². The lowest BCUT2D eigenvalue weighted by atomic mass is 10.2. The summed E-state index contributed by atoms with van der Waals surface area (Å²) < 4.78 is 1.81. The summed E-state index contributed by atoms with van der Waals surface area (Å²) in [6.07, 6.45) is 0. The molecule has 0 N–H and O–H groups in total. The monoisotopic (exact) mass is 313 g/mol. The van der Waals surface area contributed by atoms with Gasteiger partial charge in [0.15, 0.2) is 10.8 Å². The smallest absolute Gasteiger partial charge is 0.235 e. The van der Waals surface area contributed by atoms with E-state index in [4.69, 9.17) is 0 Å². The van der Waals surface area contributed by atoms with Gasteiger partial charge in [0.2, 0.25) is 4.96 Å². The van der Waals surface area contributed by atoms with Gasteiger partial charge in [0.25, 0.3) is 0 Å². The number of aryl methyl sites for hydroxylation is 2. The lowest BCUT2D eigenvalue weighted by Gasteiger charge is -1.95. The average molecular weight is 313 g/mol. The summed E-state index contributed by atoms with van der Waals surface area (Å²) in [6.45, 7) is 4.02. The molecule has 104 valence electrons. The van der Waals surface area contributed by atoms with Crippen LogP contribution in [0.25, 0.3) is 26.2 Å². The third kappa shape index (κ3) is 2.05. The lowest BCUT2D eigenvalue weighted by molar-refractivity contribution is 0.970. The Labute approximate surface area is 128 Å². The molecule has 0 unspecified atom stereocenters. The zero-order chi connectivity index (χ0) is 14.4. The van der Waals surface area contributed by atoms with Gasteiger partial charge in [-0.3, -0.25) is 0 Å². The Morgan fingerprint density at radius 3 is 2.52 bits per heavy atom. The quantitative estimate of drug-likeness (QED) is 0.567. The van der Waals surface area contributed by atoms with Crippen molar-refractivity contribution in [2.75, 3.05) is 0 Å². The Kier molecular flexibility index (Phi) is 2.83. The van der Waals surface area contributed by atoms with Gasteiger partial charge < -0.3 is 0 Å². The largest absolute Gasteiger partial charge is 0.246 e. The van der Waals surface area contributed by atoms with Crippen LogP contribution in [-0.2, 0) is 0 Å². The molecule has 0 bridgehead atoms. The van der Waals surface area contributed by atoms with E-state index in [1.54, 1.807) is 22.7 Å². The number of hydrogen-bond acceptors (Lipinski definition) is 6. The minimum absolute atomic E-state index is 0.770. The maximum Gasteiger partial charge on any atom is 0.235 e. The summed E-state index contributed by atoms with van der Waals surface area (Å²) in [5.74, 6) is 0.770. The first-order valence-electron chi connectivity index (χ1n) is 6.44. The summed E-state index contributed by atoms with van der Waals surface area (Å²) in [5, 5.41) is 15.1. The topological polar surface area (TPSA) is 56.0 Å². The van der Waals surface area contributed by atoms with Crippen LogP contribution in [0.1, 0.15) is 10.7 Å². The van der Waals surface area contributed by atoms with Crippen LogP contribution in [0.3, 0.4) is 0 Å². The van der Waals surface area contributed by atoms with Crippen LogP contribution in [0.15, 0.2) is 30.3 Å². The van der Waals surface area contributed by atoms with E-state index in [1.807, 2.05) is 48.7 Å². The van der Waals surface area contributed by atoms with Gasteiger partial charge in [0, 0.05) is 5.56 Å². The van der Waals surface area contributed by atoms with E-state index in [-0.39, 0.29) is 0 Å². The molecule has 3 heterocycles. The van der Waals surface area contributed by atoms with Crippen molar-refractivity contribution in [2.45, 2.75) is 13.8 Å². The van der Waals surface area contributed by atoms with Gasteiger partial charge in [0.1, 0.15) is 0 Å². The van der Waals surface area contributed by atoms with Gasteiger partial charge in [0.05, 0.1) is 15.6 Å². The van der Waals surface area contributed by atoms with Crippen LogP contribution in [0, 0.1) is 13.8 Å². The summed E-state index contributed by atoms with van der Waals surface area (Å²) in [7, 11) is 0. The predicted molar refractivity (Wildman–Crippen MR) is 84.7 cm³/mol. The molecule has 7 heteroatoms. The van der Waals surface area contributed by atoms with E-state index in [2.05, 4.69) is 20.3 Å². The van der Waals surface area contributed by atoms with E-state index >= 15 is 0 Å². The molecule has 5 nitrogen and oxygen atoms in total. The summed E-state index contributed by atoms with van der Waals surface area (Å²) in [5.41, 5.74) is 2.03. The average Bonchev–Trinajstić information content (AvgIpc) is 3.13. The van der Waals surface area contributed by atoms with Crippen molar-refractivity contribution in [3.8, 4) is 21.3 Å². The number of fused-ring (bicyclic) bond motifs is 1. The molecule has 0 radical (unpaired) electrons. The SMILES string of the molecule is Cc1nc(C)c(-c2nn3c(-c4ccccc4)nnc3s2)s1. The highest BCUT2D eigenvalue weighted by molar-refractivity contribution is 7.24. The molecule has 0 amide bonds.